The van der Waals surface area contributed by atoms with Gasteiger partial charge in [0, 0.05) is 12.2 Å². The van der Waals surface area contributed by atoms with Crippen LogP contribution in [0, 0.1) is 5.82 Å². The van der Waals surface area contributed by atoms with Crippen molar-refractivity contribution in [1.29, 1.82) is 0 Å². The first-order chi connectivity index (χ1) is 9.45. The summed E-state index contributed by atoms with van der Waals surface area (Å²) < 4.78 is 23.1. The molecule has 20 heavy (non-hydrogen) atoms. The number of amides is 1. The van der Waals surface area contributed by atoms with Gasteiger partial charge >= 0.3 is 5.97 Å². The predicted octanol–water partition coefficient (Wildman–Crippen LogP) is 0.108. The van der Waals surface area contributed by atoms with Gasteiger partial charge in [-0.3, -0.25) is 4.79 Å². The number of carbonyl (C=O) groups is 2. The van der Waals surface area contributed by atoms with Gasteiger partial charge in [-0.25, -0.2) is 9.18 Å². The van der Waals surface area contributed by atoms with Gasteiger partial charge in [0.2, 0.25) is 5.91 Å². The van der Waals surface area contributed by atoms with Gasteiger partial charge in [0.25, 0.3) is 0 Å². The van der Waals surface area contributed by atoms with Gasteiger partial charge in [0.1, 0.15) is 12.4 Å². The average Bonchev–Trinajstić information content (AvgIpc) is 2.39. The Morgan fingerprint density at radius 2 is 2.10 bits per heavy atom. The zero-order chi connectivity index (χ0) is 15.1. The van der Waals surface area contributed by atoms with E-state index in [0.29, 0.717) is 0 Å². The number of benzene rings is 1. The summed E-state index contributed by atoms with van der Waals surface area (Å²) in [4.78, 5) is 21.8. The highest BCUT2D eigenvalue weighted by Gasteiger charge is 2.14. The third-order valence-corrected chi connectivity index (χ3v) is 2.35. The Morgan fingerprint density at radius 1 is 1.40 bits per heavy atom. The van der Waals surface area contributed by atoms with Crippen molar-refractivity contribution in [2.24, 2.45) is 5.73 Å². The van der Waals surface area contributed by atoms with E-state index >= 15 is 0 Å². The summed E-state index contributed by atoms with van der Waals surface area (Å²) >= 11 is 0. The number of halogens is 1. The summed E-state index contributed by atoms with van der Waals surface area (Å²) in [5.41, 5.74) is 10.6. The van der Waals surface area contributed by atoms with E-state index in [-0.39, 0.29) is 36.7 Å². The van der Waals surface area contributed by atoms with E-state index in [9.17, 15) is 14.0 Å². The largest absolute Gasteiger partial charge is 0.465 e. The fourth-order valence-electron chi connectivity index (χ4n) is 1.44. The van der Waals surface area contributed by atoms with Gasteiger partial charge in [-0.15, -0.1) is 0 Å². The maximum atomic E-state index is 13.6. The average molecular weight is 285 g/mol. The Morgan fingerprint density at radius 3 is 2.70 bits per heavy atom. The van der Waals surface area contributed by atoms with Gasteiger partial charge in [0.05, 0.1) is 25.0 Å². The molecule has 0 aliphatic heterocycles. The number of hydrogen-bond donors (Lipinski definition) is 3. The van der Waals surface area contributed by atoms with Crippen molar-refractivity contribution in [3.8, 4) is 0 Å². The first-order valence-electron chi connectivity index (χ1n) is 5.73. The Kier molecular flexibility index (Phi) is 5.73. The second-order valence-corrected chi connectivity index (χ2v) is 3.86. The molecule has 0 aromatic heterocycles. The Balaban J connectivity index is 2.65. The Hall–Kier alpha value is -2.35. The summed E-state index contributed by atoms with van der Waals surface area (Å²) in [6.07, 6.45) is 0. The summed E-state index contributed by atoms with van der Waals surface area (Å²) in [6.45, 7) is 0.175. The number of esters is 1. The fourth-order valence-corrected chi connectivity index (χ4v) is 1.44. The van der Waals surface area contributed by atoms with Crippen LogP contribution in [0.2, 0.25) is 0 Å². The fraction of sp³-hybridized carbons (Fsp3) is 0.333. The lowest BCUT2D eigenvalue weighted by atomic mass is 10.1. The molecule has 0 saturated heterocycles. The smallest absolute Gasteiger partial charge is 0.340 e. The van der Waals surface area contributed by atoms with Crippen LogP contribution >= 0.6 is 0 Å². The highest BCUT2D eigenvalue weighted by Crippen LogP contribution is 2.22. The van der Waals surface area contributed by atoms with Crippen LogP contribution in [0.25, 0.3) is 0 Å². The molecule has 1 aromatic rings. The van der Waals surface area contributed by atoms with Crippen LogP contribution in [0.4, 0.5) is 15.8 Å². The second kappa shape index (κ2) is 7.29. The number of carbonyl (C=O) groups excluding carboxylic acids is 2. The van der Waals surface area contributed by atoms with Crippen LogP contribution in [0.1, 0.15) is 10.4 Å². The first kappa shape index (κ1) is 15.7. The molecule has 0 aliphatic rings. The molecular weight excluding hydrogens is 269 g/mol. The van der Waals surface area contributed by atoms with E-state index in [0.717, 1.165) is 6.07 Å². The highest BCUT2D eigenvalue weighted by atomic mass is 19.1. The SMILES string of the molecule is COC(=O)c1cc(NCCOCC(N)=O)c(F)cc1N. The molecule has 1 amide bonds. The van der Waals surface area contributed by atoms with Crippen molar-refractivity contribution >= 4 is 23.3 Å². The molecule has 0 unspecified atom stereocenters. The van der Waals surface area contributed by atoms with E-state index < -0.39 is 17.7 Å². The molecule has 1 aromatic carbocycles. The van der Waals surface area contributed by atoms with Crippen LogP contribution in [0.15, 0.2) is 12.1 Å². The first-order valence-corrected chi connectivity index (χ1v) is 5.73. The lowest BCUT2D eigenvalue weighted by Gasteiger charge is -2.11. The molecule has 0 saturated carbocycles. The molecule has 1 rings (SSSR count). The molecule has 0 bridgehead atoms. The molecule has 110 valence electrons. The highest BCUT2D eigenvalue weighted by molar-refractivity contribution is 5.96. The van der Waals surface area contributed by atoms with Gasteiger partial charge < -0.3 is 26.3 Å². The quantitative estimate of drug-likeness (QED) is 0.372. The molecule has 7 nitrogen and oxygen atoms in total. The molecule has 0 radical (unpaired) electrons. The molecule has 0 spiro atoms. The standard InChI is InChI=1S/C12H16FN3O4/c1-19-12(18)7-4-10(8(13)5-9(7)14)16-2-3-20-6-11(15)17/h4-5,16H,2-3,6,14H2,1H3,(H2,15,17). The molecule has 0 aliphatic carbocycles. The minimum atomic E-state index is -0.657. The lowest BCUT2D eigenvalue weighted by Crippen LogP contribution is -2.20. The summed E-state index contributed by atoms with van der Waals surface area (Å²) in [5.74, 6) is -1.85. The number of ether oxygens (including phenoxy) is 2. The molecule has 5 N–H and O–H groups in total. The topological polar surface area (TPSA) is 117 Å². The summed E-state index contributed by atoms with van der Waals surface area (Å²) in [5, 5.41) is 2.72. The summed E-state index contributed by atoms with van der Waals surface area (Å²) in [7, 11) is 1.20. The number of nitrogen functional groups attached to an aromatic ring is 1. The molecule has 0 heterocycles. The lowest BCUT2D eigenvalue weighted by molar-refractivity contribution is -0.122. The van der Waals surface area contributed by atoms with E-state index in [2.05, 4.69) is 10.1 Å². The van der Waals surface area contributed by atoms with Crippen LogP contribution in [-0.4, -0.2) is 38.7 Å². The number of nitrogens with one attached hydrogen (secondary N) is 1. The zero-order valence-corrected chi connectivity index (χ0v) is 10.9. The van der Waals surface area contributed by atoms with Crippen molar-refractivity contribution in [1.82, 2.24) is 0 Å². The van der Waals surface area contributed by atoms with Crippen molar-refractivity contribution < 1.29 is 23.5 Å². The van der Waals surface area contributed by atoms with Crippen LogP contribution < -0.4 is 16.8 Å². The van der Waals surface area contributed by atoms with E-state index in [4.69, 9.17) is 16.2 Å². The van der Waals surface area contributed by atoms with Crippen molar-refractivity contribution in [2.45, 2.75) is 0 Å². The van der Waals surface area contributed by atoms with Crippen LogP contribution in [0.3, 0.4) is 0 Å². The molecular formula is C12H16FN3O4. The van der Waals surface area contributed by atoms with Crippen LogP contribution in [-0.2, 0) is 14.3 Å². The molecule has 0 atom stereocenters. The summed E-state index contributed by atoms with van der Waals surface area (Å²) in [6, 6.07) is 2.28. The van der Waals surface area contributed by atoms with Crippen molar-refractivity contribution in [3.05, 3.63) is 23.5 Å². The number of rotatable bonds is 7. The van der Waals surface area contributed by atoms with Crippen molar-refractivity contribution in [2.75, 3.05) is 37.9 Å². The second-order valence-electron chi connectivity index (χ2n) is 3.86. The van der Waals surface area contributed by atoms with Gasteiger partial charge in [-0.1, -0.05) is 0 Å². The van der Waals surface area contributed by atoms with E-state index in [1.165, 1.54) is 13.2 Å². The Labute approximate surface area is 115 Å². The molecule has 8 heteroatoms. The third kappa shape index (κ3) is 4.39. The minimum Gasteiger partial charge on any atom is -0.465 e. The minimum absolute atomic E-state index is 0.00937. The van der Waals surface area contributed by atoms with Gasteiger partial charge in [0.15, 0.2) is 0 Å². The zero-order valence-electron chi connectivity index (χ0n) is 10.9. The number of primary amides is 1. The third-order valence-electron chi connectivity index (χ3n) is 2.35. The normalized spacial score (nSPS) is 10.1. The number of nitrogens with two attached hydrogens (primary N) is 2. The number of methoxy groups -OCH3 is 1. The predicted molar refractivity (Wildman–Crippen MR) is 70.7 cm³/mol. The molecule has 0 fully saturated rings. The van der Waals surface area contributed by atoms with E-state index in [1.807, 2.05) is 0 Å². The van der Waals surface area contributed by atoms with Crippen LogP contribution in [0.5, 0.6) is 0 Å². The number of hydrogen-bond acceptors (Lipinski definition) is 6. The van der Waals surface area contributed by atoms with Gasteiger partial charge in [-0.2, -0.15) is 0 Å². The monoisotopic (exact) mass is 285 g/mol. The maximum absolute atomic E-state index is 13.6. The maximum Gasteiger partial charge on any atom is 0.340 e. The van der Waals surface area contributed by atoms with E-state index in [1.54, 1.807) is 0 Å². The number of anilines is 2. The van der Waals surface area contributed by atoms with Gasteiger partial charge in [-0.05, 0) is 12.1 Å². The Bertz CT molecular complexity index is 508. The van der Waals surface area contributed by atoms with Crippen molar-refractivity contribution in [3.63, 3.8) is 0 Å².